The topological polar surface area (TPSA) is 105 Å². The van der Waals surface area contributed by atoms with Crippen LogP contribution in [0.5, 0.6) is 0 Å². The molecule has 0 rings (SSSR count). The van der Waals surface area contributed by atoms with Gasteiger partial charge in [0.05, 0.1) is 6.61 Å². The summed E-state index contributed by atoms with van der Waals surface area (Å²) < 4.78 is 31.6. The van der Waals surface area contributed by atoms with Gasteiger partial charge in [-0.2, -0.15) is 13.1 Å². The summed E-state index contributed by atoms with van der Waals surface area (Å²) in [6.45, 7) is 4.94. The van der Waals surface area contributed by atoms with E-state index in [1.165, 1.54) is 0 Å². The van der Waals surface area contributed by atoms with Crippen molar-refractivity contribution in [1.82, 2.24) is 9.44 Å². The third-order valence-electron chi connectivity index (χ3n) is 2.32. The van der Waals surface area contributed by atoms with E-state index in [0.717, 1.165) is 0 Å². The predicted molar refractivity (Wildman–Crippen MR) is 62.6 cm³/mol. The Bertz CT molecular complexity index is 343. The number of hydrogen-bond acceptors (Lipinski definition) is 5. The second kappa shape index (κ2) is 6.77. The molecule has 0 aliphatic rings. The van der Waals surface area contributed by atoms with E-state index in [1.807, 2.05) is 0 Å². The maximum Gasteiger partial charge on any atom is 0.421 e. The van der Waals surface area contributed by atoms with Gasteiger partial charge in [0.15, 0.2) is 0 Å². The molecule has 102 valence electrons. The number of hydrogen-bond donors (Lipinski definition) is 3. The van der Waals surface area contributed by atoms with Crippen LogP contribution in [0, 0.1) is 0 Å². The molecule has 0 aromatic carbocycles. The van der Waals surface area contributed by atoms with Gasteiger partial charge >= 0.3 is 16.3 Å². The normalized spacial score (nSPS) is 15.1. The smallest absolute Gasteiger partial charge is 0.421 e. The van der Waals surface area contributed by atoms with Gasteiger partial charge in [-0.25, -0.2) is 9.52 Å². The fraction of sp³-hybridized carbons (Fsp3) is 0.889. The molecule has 0 fully saturated rings. The summed E-state index contributed by atoms with van der Waals surface area (Å²) in [6, 6.07) is 0. The first-order valence-electron chi connectivity index (χ1n) is 5.38. The van der Waals surface area contributed by atoms with Gasteiger partial charge in [-0.05, 0) is 26.7 Å². The van der Waals surface area contributed by atoms with E-state index in [0.29, 0.717) is 6.42 Å². The van der Waals surface area contributed by atoms with Crippen molar-refractivity contribution in [2.45, 2.75) is 39.2 Å². The number of aliphatic hydroxyl groups excluding tert-OH is 1. The zero-order chi connectivity index (χ0) is 13.5. The van der Waals surface area contributed by atoms with Crippen LogP contribution in [0.15, 0.2) is 0 Å². The van der Waals surface area contributed by atoms with E-state index in [1.54, 1.807) is 25.5 Å². The molecule has 0 aromatic rings. The summed E-state index contributed by atoms with van der Waals surface area (Å²) in [7, 11) is -3.98. The molecule has 0 spiro atoms. The number of rotatable bonds is 7. The highest BCUT2D eigenvalue weighted by Crippen LogP contribution is 2.14. The molecule has 8 heteroatoms. The van der Waals surface area contributed by atoms with Crippen LogP contribution >= 0.6 is 0 Å². The lowest BCUT2D eigenvalue weighted by Crippen LogP contribution is -2.52. The zero-order valence-corrected chi connectivity index (χ0v) is 11.1. The summed E-state index contributed by atoms with van der Waals surface area (Å²) >= 11 is 0. The van der Waals surface area contributed by atoms with Crippen molar-refractivity contribution in [3.63, 3.8) is 0 Å². The summed E-state index contributed by atoms with van der Waals surface area (Å²) in [5.74, 6) is 0. The van der Waals surface area contributed by atoms with Crippen LogP contribution in [-0.4, -0.2) is 38.4 Å². The van der Waals surface area contributed by atoms with Gasteiger partial charge in [-0.15, -0.1) is 0 Å². The molecular formula is C9H20N2O5S. The Morgan fingerprint density at radius 3 is 2.41 bits per heavy atom. The van der Waals surface area contributed by atoms with Gasteiger partial charge < -0.3 is 9.84 Å². The SMILES string of the molecule is CCOC(=O)NS(=O)(=O)NC(C)(CC)CCO. The molecule has 1 amide bonds. The maximum absolute atomic E-state index is 11.6. The molecule has 1 atom stereocenters. The highest BCUT2D eigenvalue weighted by Gasteiger charge is 2.28. The first-order chi connectivity index (χ1) is 7.78. The highest BCUT2D eigenvalue weighted by molar-refractivity contribution is 7.88. The van der Waals surface area contributed by atoms with Crippen molar-refractivity contribution in [3.8, 4) is 0 Å². The number of carbonyl (C=O) groups is 1. The minimum atomic E-state index is -3.98. The molecule has 0 saturated heterocycles. The summed E-state index contributed by atoms with van der Waals surface area (Å²) in [5.41, 5.74) is -0.799. The van der Waals surface area contributed by atoms with Crippen molar-refractivity contribution in [3.05, 3.63) is 0 Å². The second-order valence-corrected chi connectivity index (χ2v) is 5.23. The number of carbonyl (C=O) groups excluding carboxylic acids is 1. The molecule has 0 radical (unpaired) electrons. The molecule has 0 aliphatic carbocycles. The van der Waals surface area contributed by atoms with Crippen molar-refractivity contribution in [2.24, 2.45) is 0 Å². The zero-order valence-electron chi connectivity index (χ0n) is 10.3. The Balaban J connectivity index is 4.57. The van der Waals surface area contributed by atoms with Crippen LogP contribution < -0.4 is 9.44 Å². The largest absolute Gasteiger partial charge is 0.449 e. The molecule has 0 saturated carbocycles. The summed E-state index contributed by atoms with van der Waals surface area (Å²) in [4.78, 5) is 11.0. The average Bonchev–Trinajstić information content (AvgIpc) is 2.16. The van der Waals surface area contributed by atoms with Crippen LogP contribution in [0.2, 0.25) is 0 Å². The molecule has 17 heavy (non-hydrogen) atoms. The molecule has 0 aliphatic heterocycles. The van der Waals surface area contributed by atoms with Crippen molar-refractivity contribution < 1.29 is 23.1 Å². The molecule has 0 bridgehead atoms. The summed E-state index contributed by atoms with van der Waals surface area (Å²) in [6.07, 6.45) is -0.285. The molecule has 1 unspecified atom stereocenters. The number of amides is 1. The highest BCUT2D eigenvalue weighted by atomic mass is 32.2. The van der Waals surface area contributed by atoms with Crippen LogP contribution in [-0.2, 0) is 14.9 Å². The Morgan fingerprint density at radius 2 is 2.00 bits per heavy atom. The molecule has 7 nitrogen and oxygen atoms in total. The lowest BCUT2D eigenvalue weighted by molar-refractivity contribution is 0.158. The van der Waals surface area contributed by atoms with Crippen molar-refractivity contribution in [2.75, 3.05) is 13.2 Å². The Morgan fingerprint density at radius 1 is 1.41 bits per heavy atom. The lowest BCUT2D eigenvalue weighted by Gasteiger charge is -2.28. The average molecular weight is 268 g/mol. The monoisotopic (exact) mass is 268 g/mol. The first kappa shape index (κ1) is 16.1. The van der Waals surface area contributed by atoms with E-state index < -0.39 is 21.8 Å². The predicted octanol–water partition coefficient (Wildman–Crippen LogP) is 0.118. The Hall–Kier alpha value is -0.860. The standard InChI is InChI=1S/C9H20N2O5S/c1-4-9(3,6-7-12)11-17(14,15)10-8(13)16-5-2/h11-12H,4-7H2,1-3H3,(H,10,13). The first-order valence-corrected chi connectivity index (χ1v) is 6.86. The van der Waals surface area contributed by atoms with Crippen LogP contribution in [0.4, 0.5) is 4.79 Å². The number of aliphatic hydroxyl groups is 1. The van der Waals surface area contributed by atoms with Gasteiger partial charge in [-0.1, -0.05) is 6.92 Å². The van der Waals surface area contributed by atoms with Gasteiger partial charge in [0.1, 0.15) is 0 Å². The van der Waals surface area contributed by atoms with E-state index in [-0.39, 0.29) is 19.6 Å². The fourth-order valence-electron chi connectivity index (χ4n) is 1.17. The van der Waals surface area contributed by atoms with Crippen LogP contribution in [0.1, 0.15) is 33.6 Å². The van der Waals surface area contributed by atoms with Crippen molar-refractivity contribution >= 4 is 16.3 Å². The van der Waals surface area contributed by atoms with E-state index in [4.69, 9.17) is 5.11 Å². The molecule has 0 heterocycles. The van der Waals surface area contributed by atoms with E-state index in [2.05, 4.69) is 9.46 Å². The minimum Gasteiger partial charge on any atom is -0.449 e. The van der Waals surface area contributed by atoms with Gasteiger partial charge in [0, 0.05) is 12.1 Å². The Kier molecular flexibility index (Phi) is 6.43. The fourth-order valence-corrected chi connectivity index (χ4v) is 2.39. The van der Waals surface area contributed by atoms with Gasteiger partial charge in [-0.3, -0.25) is 0 Å². The van der Waals surface area contributed by atoms with Gasteiger partial charge in [0.2, 0.25) is 0 Å². The minimum absolute atomic E-state index is 0.0863. The van der Waals surface area contributed by atoms with Gasteiger partial charge in [0.25, 0.3) is 0 Å². The molecular weight excluding hydrogens is 248 g/mol. The lowest BCUT2D eigenvalue weighted by atomic mass is 9.97. The van der Waals surface area contributed by atoms with E-state index >= 15 is 0 Å². The maximum atomic E-state index is 11.6. The quantitative estimate of drug-likeness (QED) is 0.608. The molecule has 3 N–H and O–H groups in total. The third kappa shape index (κ3) is 6.44. The second-order valence-electron chi connectivity index (χ2n) is 3.82. The molecule has 0 aromatic heterocycles. The number of ether oxygens (including phenoxy) is 1. The third-order valence-corrected chi connectivity index (χ3v) is 3.51. The summed E-state index contributed by atoms with van der Waals surface area (Å²) in [5, 5.41) is 8.85. The van der Waals surface area contributed by atoms with E-state index in [9.17, 15) is 13.2 Å². The number of nitrogens with one attached hydrogen (secondary N) is 2. The van der Waals surface area contributed by atoms with Crippen LogP contribution in [0.25, 0.3) is 0 Å². The van der Waals surface area contributed by atoms with Crippen LogP contribution in [0.3, 0.4) is 0 Å². The van der Waals surface area contributed by atoms with Crippen molar-refractivity contribution in [1.29, 1.82) is 0 Å². The Labute approximate surface area is 102 Å².